The van der Waals surface area contributed by atoms with Gasteiger partial charge in [-0.3, -0.25) is 9.78 Å². The fourth-order valence-electron chi connectivity index (χ4n) is 3.21. The molecule has 1 aliphatic heterocycles. The number of nitrogens with one attached hydrogen (secondary N) is 1. The highest BCUT2D eigenvalue weighted by molar-refractivity contribution is 6.04. The minimum absolute atomic E-state index is 0.282. The molecule has 1 aliphatic rings. The molecule has 142 valence electrons. The van der Waals surface area contributed by atoms with E-state index in [2.05, 4.69) is 25.2 Å². The molecule has 0 saturated carbocycles. The highest BCUT2D eigenvalue weighted by Gasteiger charge is 2.19. The maximum absolute atomic E-state index is 12.8. The van der Waals surface area contributed by atoms with Crippen LogP contribution in [0.3, 0.4) is 0 Å². The summed E-state index contributed by atoms with van der Waals surface area (Å²) >= 11 is 0. The number of carbonyl (C=O) groups is 1. The van der Waals surface area contributed by atoms with Gasteiger partial charge in [0.25, 0.3) is 5.91 Å². The summed E-state index contributed by atoms with van der Waals surface area (Å²) in [5.41, 5.74) is 9.96. The number of nitrogens with two attached hydrogens (primary N) is 1. The molecular formula is C20H19FN6O. The lowest BCUT2D eigenvalue weighted by molar-refractivity contribution is 0.102. The zero-order valence-electron chi connectivity index (χ0n) is 15.1. The van der Waals surface area contributed by atoms with Crippen molar-refractivity contribution in [3.63, 3.8) is 0 Å². The van der Waals surface area contributed by atoms with Gasteiger partial charge >= 0.3 is 0 Å². The Labute approximate surface area is 161 Å². The first-order valence-corrected chi connectivity index (χ1v) is 8.89. The molecule has 0 spiro atoms. The van der Waals surface area contributed by atoms with Crippen LogP contribution in [0.5, 0.6) is 0 Å². The van der Waals surface area contributed by atoms with Crippen LogP contribution in [-0.2, 0) is 19.6 Å². The molecule has 1 amide bonds. The van der Waals surface area contributed by atoms with Crippen LogP contribution in [0.25, 0.3) is 0 Å². The first kappa shape index (κ1) is 17.8. The highest BCUT2D eigenvalue weighted by Crippen LogP contribution is 2.24. The highest BCUT2D eigenvalue weighted by atomic mass is 19.1. The topological polar surface area (TPSA) is 97.0 Å². The Morgan fingerprint density at radius 3 is 3.00 bits per heavy atom. The first-order chi connectivity index (χ1) is 13.6. The van der Waals surface area contributed by atoms with E-state index in [4.69, 9.17) is 5.73 Å². The van der Waals surface area contributed by atoms with Crippen molar-refractivity contribution >= 4 is 23.2 Å². The second-order valence-electron chi connectivity index (χ2n) is 6.59. The molecule has 1 aromatic carbocycles. The number of carbonyl (C=O) groups excluding carboxylic acids is 1. The minimum Gasteiger partial charge on any atom is -0.368 e. The van der Waals surface area contributed by atoms with Crippen LogP contribution in [0.15, 0.2) is 48.9 Å². The lowest BCUT2D eigenvalue weighted by Crippen LogP contribution is -2.31. The Morgan fingerprint density at radius 2 is 2.14 bits per heavy atom. The number of hydrogen-bond donors (Lipinski definition) is 2. The molecule has 2 aromatic heterocycles. The molecule has 8 heteroatoms. The fourth-order valence-corrected chi connectivity index (χ4v) is 3.21. The summed E-state index contributed by atoms with van der Waals surface area (Å²) in [5, 5.41) is 2.79. The Balaban J connectivity index is 1.51. The van der Waals surface area contributed by atoms with Gasteiger partial charge in [0.2, 0.25) is 5.95 Å². The molecule has 7 nitrogen and oxygen atoms in total. The lowest BCUT2D eigenvalue weighted by Gasteiger charge is -2.29. The number of nitrogen functional groups attached to an aromatic ring is 1. The van der Waals surface area contributed by atoms with E-state index in [1.54, 1.807) is 42.7 Å². The van der Waals surface area contributed by atoms with E-state index in [0.717, 1.165) is 29.9 Å². The fraction of sp³-hybridized carbons (Fsp3) is 0.200. The maximum atomic E-state index is 12.8. The number of hydrogen-bond acceptors (Lipinski definition) is 6. The van der Waals surface area contributed by atoms with Crippen LogP contribution in [0.4, 0.5) is 21.7 Å². The van der Waals surface area contributed by atoms with Crippen molar-refractivity contribution in [3.8, 4) is 0 Å². The molecule has 0 unspecified atom stereocenters. The average molecular weight is 378 g/mol. The van der Waals surface area contributed by atoms with Gasteiger partial charge in [0.05, 0.1) is 23.1 Å². The first-order valence-electron chi connectivity index (χ1n) is 8.89. The molecule has 28 heavy (non-hydrogen) atoms. The summed E-state index contributed by atoms with van der Waals surface area (Å²) in [6.07, 6.45) is 5.73. The molecule has 0 fully saturated rings. The number of alkyl halides is 1. The number of fused-ring (bicyclic) bond motifs is 1. The monoisotopic (exact) mass is 378 g/mol. The molecule has 0 aliphatic carbocycles. The number of pyridine rings is 1. The summed E-state index contributed by atoms with van der Waals surface area (Å²) in [6, 6.07) is 8.51. The van der Waals surface area contributed by atoms with E-state index in [1.807, 2.05) is 0 Å². The molecule has 0 atom stereocenters. The van der Waals surface area contributed by atoms with Crippen LogP contribution in [0.2, 0.25) is 0 Å². The van der Waals surface area contributed by atoms with Crippen molar-refractivity contribution in [3.05, 3.63) is 71.3 Å². The average Bonchev–Trinajstić information content (AvgIpc) is 2.73. The number of benzene rings is 1. The number of amides is 1. The van der Waals surface area contributed by atoms with E-state index < -0.39 is 6.67 Å². The number of aromatic nitrogens is 3. The minimum atomic E-state index is -0.577. The summed E-state index contributed by atoms with van der Waals surface area (Å²) < 4.78 is 12.8. The number of halogens is 1. The van der Waals surface area contributed by atoms with Crippen LogP contribution in [0.1, 0.15) is 27.2 Å². The zero-order chi connectivity index (χ0) is 19.5. The van der Waals surface area contributed by atoms with Crippen LogP contribution < -0.4 is 16.0 Å². The van der Waals surface area contributed by atoms with Crippen molar-refractivity contribution in [2.45, 2.75) is 19.6 Å². The van der Waals surface area contributed by atoms with Gasteiger partial charge in [-0.05, 0) is 23.8 Å². The van der Waals surface area contributed by atoms with Gasteiger partial charge in [0, 0.05) is 43.2 Å². The van der Waals surface area contributed by atoms with Crippen molar-refractivity contribution < 1.29 is 9.18 Å². The molecule has 0 radical (unpaired) electrons. The van der Waals surface area contributed by atoms with Crippen molar-refractivity contribution in [1.29, 1.82) is 0 Å². The SMILES string of the molecule is Nc1ncc2c(n1)CCN(c1cncc(C(=O)Nc3cccc(CF)c3)c1)C2. The summed E-state index contributed by atoms with van der Waals surface area (Å²) in [4.78, 5) is 27.3. The molecule has 0 saturated heterocycles. The second-order valence-corrected chi connectivity index (χ2v) is 6.59. The third-order valence-electron chi connectivity index (χ3n) is 4.64. The van der Waals surface area contributed by atoms with Gasteiger partial charge in [-0.15, -0.1) is 0 Å². The van der Waals surface area contributed by atoms with Crippen LogP contribution >= 0.6 is 0 Å². The molecule has 4 rings (SSSR count). The van der Waals surface area contributed by atoms with Crippen LogP contribution in [0, 0.1) is 0 Å². The predicted octanol–water partition coefficient (Wildman–Crippen LogP) is 2.74. The van der Waals surface area contributed by atoms with E-state index in [9.17, 15) is 9.18 Å². The van der Waals surface area contributed by atoms with Gasteiger partial charge in [0.15, 0.2) is 0 Å². The quantitative estimate of drug-likeness (QED) is 0.725. The third-order valence-corrected chi connectivity index (χ3v) is 4.64. The third kappa shape index (κ3) is 3.75. The van der Waals surface area contributed by atoms with Crippen molar-refractivity contribution in [2.75, 3.05) is 22.5 Å². The van der Waals surface area contributed by atoms with Crippen molar-refractivity contribution in [2.24, 2.45) is 0 Å². The van der Waals surface area contributed by atoms with Crippen LogP contribution in [-0.4, -0.2) is 27.4 Å². The Bertz CT molecular complexity index is 1030. The molecular weight excluding hydrogens is 359 g/mol. The Morgan fingerprint density at radius 1 is 1.25 bits per heavy atom. The Hall–Kier alpha value is -3.55. The van der Waals surface area contributed by atoms with Gasteiger partial charge in [-0.2, -0.15) is 0 Å². The largest absolute Gasteiger partial charge is 0.368 e. The predicted molar refractivity (Wildman–Crippen MR) is 105 cm³/mol. The summed E-state index contributed by atoms with van der Waals surface area (Å²) in [6.45, 7) is 0.794. The summed E-state index contributed by atoms with van der Waals surface area (Å²) in [7, 11) is 0. The van der Waals surface area contributed by atoms with Gasteiger partial charge in [-0.25, -0.2) is 14.4 Å². The number of anilines is 3. The van der Waals surface area contributed by atoms with Gasteiger partial charge in [0.1, 0.15) is 6.67 Å². The standard InChI is InChI=1S/C20H19FN6O/c21-8-13-2-1-3-16(6-13)25-19(28)14-7-17(11-23-9-14)27-5-4-18-15(12-27)10-24-20(22)26-18/h1-3,6-7,9-11H,4-5,8,12H2,(H,25,28)(H2,22,24,26). The van der Waals surface area contributed by atoms with Crippen molar-refractivity contribution in [1.82, 2.24) is 15.0 Å². The number of nitrogens with zero attached hydrogens (tertiary/aromatic N) is 4. The molecule has 3 heterocycles. The van der Waals surface area contributed by atoms with E-state index in [0.29, 0.717) is 23.4 Å². The van der Waals surface area contributed by atoms with Gasteiger partial charge in [-0.1, -0.05) is 12.1 Å². The maximum Gasteiger partial charge on any atom is 0.257 e. The Kier molecular flexibility index (Phi) is 4.84. The summed E-state index contributed by atoms with van der Waals surface area (Å²) in [5.74, 6) is -0.0109. The lowest BCUT2D eigenvalue weighted by atomic mass is 10.1. The number of rotatable bonds is 4. The van der Waals surface area contributed by atoms with E-state index >= 15 is 0 Å². The van der Waals surface area contributed by atoms with E-state index in [1.165, 1.54) is 6.20 Å². The zero-order valence-corrected chi connectivity index (χ0v) is 15.1. The normalized spacial score (nSPS) is 13.1. The van der Waals surface area contributed by atoms with Gasteiger partial charge < -0.3 is 16.0 Å². The second kappa shape index (κ2) is 7.59. The molecule has 0 bridgehead atoms. The molecule has 3 aromatic rings. The molecule has 3 N–H and O–H groups in total. The smallest absolute Gasteiger partial charge is 0.257 e. The van der Waals surface area contributed by atoms with E-state index in [-0.39, 0.29) is 11.9 Å².